The van der Waals surface area contributed by atoms with Crippen LogP contribution in [0.25, 0.3) is 0 Å². The van der Waals surface area contributed by atoms with E-state index in [1.807, 2.05) is 6.07 Å². The molecule has 2 aromatic carbocycles. The van der Waals surface area contributed by atoms with Gasteiger partial charge < -0.3 is 15.7 Å². The van der Waals surface area contributed by atoms with E-state index < -0.39 is 10.8 Å². The summed E-state index contributed by atoms with van der Waals surface area (Å²) in [5.41, 5.74) is 1.94. The van der Waals surface area contributed by atoms with Crippen LogP contribution in [0, 0.1) is 21.4 Å². The van der Waals surface area contributed by atoms with Gasteiger partial charge in [0.15, 0.2) is 0 Å². The Balaban J connectivity index is 1.75. The largest absolute Gasteiger partial charge is 0.393 e. The van der Waals surface area contributed by atoms with Gasteiger partial charge in [-0.15, -0.1) is 0 Å². The van der Waals surface area contributed by atoms with E-state index in [-0.39, 0.29) is 29.9 Å². The van der Waals surface area contributed by atoms with Crippen LogP contribution in [0.3, 0.4) is 0 Å². The van der Waals surface area contributed by atoms with Crippen molar-refractivity contribution in [3.63, 3.8) is 0 Å². The molecular weight excluding hydrogens is 372 g/mol. The third kappa shape index (κ3) is 5.30. The van der Waals surface area contributed by atoms with Crippen molar-refractivity contribution < 1.29 is 14.8 Å². The first-order valence-electron chi connectivity index (χ1n) is 9.46. The van der Waals surface area contributed by atoms with E-state index in [1.165, 1.54) is 12.1 Å². The third-order valence-electron chi connectivity index (χ3n) is 5.05. The summed E-state index contributed by atoms with van der Waals surface area (Å²) in [7, 11) is 0. The molecule has 0 aromatic heterocycles. The monoisotopic (exact) mass is 394 g/mol. The summed E-state index contributed by atoms with van der Waals surface area (Å²) in [6.45, 7) is 0.238. The van der Waals surface area contributed by atoms with Gasteiger partial charge in [0, 0.05) is 30.4 Å². The summed E-state index contributed by atoms with van der Waals surface area (Å²) in [6, 6.07) is 13.2. The number of nitro benzene ring substituents is 1. The van der Waals surface area contributed by atoms with E-state index >= 15 is 0 Å². The molecule has 1 aliphatic rings. The van der Waals surface area contributed by atoms with Crippen molar-refractivity contribution in [1.29, 1.82) is 5.26 Å². The van der Waals surface area contributed by atoms with Crippen molar-refractivity contribution in [3.05, 3.63) is 69.3 Å². The predicted molar refractivity (Wildman–Crippen MR) is 107 cm³/mol. The summed E-state index contributed by atoms with van der Waals surface area (Å²) < 4.78 is 0. The highest BCUT2D eigenvalue weighted by Crippen LogP contribution is 2.27. The highest BCUT2D eigenvalue weighted by molar-refractivity contribution is 6.00. The maximum Gasteiger partial charge on any atom is 0.270 e. The number of benzene rings is 2. The molecule has 150 valence electrons. The Morgan fingerprint density at radius 2 is 1.86 bits per heavy atom. The molecular formula is C21H22N4O4. The summed E-state index contributed by atoms with van der Waals surface area (Å²) in [5, 5.41) is 35.7. The first kappa shape index (κ1) is 20.3. The van der Waals surface area contributed by atoms with Crippen LogP contribution < -0.4 is 10.6 Å². The molecule has 0 saturated heterocycles. The smallest absolute Gasteiger partial charge is 0.270 e. The Morgan fingerprint density at radius 3 is 2.48 bits per heavy atom. The zero-order chi connectivity index (χ0) is 20.8. The average molecular weight is 394 g/mol. The van der Waals surface area contributed by atoms with Crippen LogP contribution in [-0.4, -0.2) is 28.1 Å². The van der Waals surface area contributed by atoms with Gasteiger partial charge in [0.25, 0.3) is 11.6 Å². The number of non-ortho nitro benzene ring substituents is 1. The first-order chi connectivity index (χ1) is 14.0. The molecule has 0 bridgehead atoms. The van der Waals surface area contributed by atoms with Gasteiger partial charge in [-0.1, -0.05) is 12.1 Å². The number of nitrogens with one attached hydrogen (secondary N) is 2. The quantitative estimate of drug-likeness (QED) is 0.510. The fourth-order valence-corrected chi connectivity index (χ4v) is 3.37. The fraction of sp³-hybridized carbons (Fsp3) is 0.333. The molecule has 3 rings (SSSR count). The second-order valence-electron chi connectivity index (χ2n) is 7.13. The van der Waals surface area contributed by atoms with E-state index in [9.17, 15) is 20.0 Å². The van der Waals surface area contributed by atoms with E-state index in [4.69, 9.17) is 5.26 Å². The van der Waals surface area contributed by atoms with Gasteiger partial charge in [-0.25, -0.2) is 0 Å². The van der Waals surface area contributed by atoms with Gasteiger partial charge in [0.2, 0.25) is 0 Å². The number of carbonyl (C=O) groups excluding carboxylic acids is 1. The number of nitrogens with zero attached hydrogens (tertiary/aromatic N) is 2. The van der Waals surface area contributed by atoms with E-state index in [1.54, 1.807) is 30.3 Å². The van der Waals surface area contributed by atoms with Crippen LogP contribution >= 0.6 is 0 Å². The topological polar surface area (TPSA) is 128 Å². The minimum atomic E-state index is -0.530. The zero-order valence-electron chi connectivity index (χ0n) is 15.8. The average Bonchev–Trinajstić information content (AvgIpc) is 2.74. The van der Waals surface area contributed by atoms with Crippen molar-refractivity contribution in [2.75, 3.05) is 5.32 Å². The summed E-state index contributed by atoms with van der Waals surface area (Å²) in [4.78, 5) is 23.4. The first-order valence-corrected chi connectivity index (χ1v) is 9.46. The minimum absolute atomic E-state index is 0.102. The summed E-state index contributed by atoms with van der Waals surface area (Å²) in [6.07, 6.45) is 2.62. The van der Waals surface area contributed by atoms with Crippen molar-refractivity contribution in [2.45, 2.75) is 44.4 Å². The van der Waals surface area contributed by atoms with Gasteiger partial charge in [-0.05, 0) is 49.4 Å². The standard InChI is InChI=1S/C21H22N4O4/c22-12-14-1-3-15(4-2-14)13-23-21(27)19-11-17(25(28)29)7-10-20(19)24-16-5-8-18(26)9-6-16/h1-4,7,10-11,16,18,24,26H,5-6,8-9,13H2,(H,23,27)/t16-,18-. The molecule has 0 unspecified atom stereocenters. The molecule has 0 heterocycles. The van der Waals surface area contributed by atoms with Crippen LogP contribution in [0.2, 0.25) is 0 Å². The van der Waals surface area contributed by atoms with Gasteiger partial charge in [-0.2, -0.15) is 5.26 Å². The highest BCUT2D eigenvalue weighted by atomic mass is 16.6. The lowest BCUT2D eigenvalue weighted by Crippen LogP contribution is -2.30. The maximum atomic E-state index is 12.8. The van der Waals surface area contributed by atoms with Crippen LogP contribution in [0.15, 0.2) is 42.5 Å². The van der Waals surface area contributed by atoms with E-state index in [0.29, 0.717) is 24.1 Å². The maximum absolute atomic E-state index is 12.8. The van der Waals surface area contributed by atoms with E-state index in [0.717, 1.165) is 18.4 Å². The van der Waals surface area contributed by atoms with Gasteiger partial charge in [0.05, 0.1) is 28.2 Å². The predicted octanol–water partition coefficient (Wildman–Crippen LogP) is 3.11. The molecule has 2 aromatic rings. The molecule has 29 heavy (non-hydrogen) atoms. The molecule has 0 aliphatic heterocycles. The van der Waals surface area contributed by atoms with Crippen molar-refractivity contribution in [3.8, 4) is 6.07 Å². The molecule has 1 fully saturated rings. The molecule has 3 N–H and O–H groups in total. The Bertz CT molecular complexity index is 929. The number of nitriles is 1. The molecule has 0 atom stereocenters. The number of hydrogen-bond acceptors (Lipinski definition) is 6. The van der Waals surface area contributed by atoms with Crippen LogP contribution in [0.1, 0.15) is 47.2 Å². The highest BCUT2D eigenvalue weighted by Gasteiger charge is 2.22. The van der Waals surface area contributed by atoms with Crippen LogP contribution in [0.4, 0.5) is 11.4 Å². The SMILES string of the molecule is N#Cc1ccc(CNC(=O)c2cc([N+](=O)[O-])ccc2N[C@H]2CC[C@H](O)CC2)cc1. The zero-order valence-corrected chi connectivity index (χ0v) is 15.8. The Kier molecular flexibility index (Phi) is 6.42. The number of aliphatic hydroxyl groups is 1. The lowest BCUT2D eigenvalue weighted by molar-refractivity contribution is -0.384. The number of carbonyl (C=O) groups is 1. The number of amides is 1. The Hall–Kier alpha value is -3.44. The van der Waals surface area contributed by atoms with Crippen molar-refractivity contribution in [2.24, 2.45) is 0 Å². The number of hydrogen-bond donors (Lipinski definition) is 3. The summed E-state index contributed by atoms with van der Waals surface area (Å²) in [5.74, 6) is -0.420. The molecule has 8 nitrogen and oxygen atoms in total. The van der Waals surface area contributed by atoms with Gasteiger partial charge >= 0.3 is 0 Å². The molecule has 0 spiro atoms. The lowest BCUT2D eigenvalue weighted by Gasteiger charge is -2.27. The lowest BCUT2D eigenvalue weighted by atomic mass is 9.92. The number of anilines is 1. The van der Waals surface area contributed by atoms with Crippen LogP contribution in [-0.2, 0) is 6.54 Å². The van der Waals surface area contributed by atoms with Crippen LogP contribution in [0.5, 0.6) is 0 Å². The van der Waals surface area contributed by atoms with Crippen molar-refractivity contribution in [1.82, 2.24) is 5.32 Å². The molecule has 1 saturated carbocycles. The van der Waals surface area contributed by atoms with Gasteiger partial charge in [-0.3, -0.25) is 14.9 Å². The van der Waals surface area contributed by atoms with Crippen molar-refractivity contribution >= 4 is 17.3 Å². The Morgan fingerprint density at radius 1 is 1.17 bits per heavy atom. The molecule has 8 heteroatoms. The van der Waals surface area contributed by atoms with Gasteiger partial charge in [0.1, 0.15) is 0 Å². The normalized spacial score (nSPS) is 18.5. The third-order valence-corrected chi connectivity index (χ3v) is 5.05. The minimum Gasteiger partial charge on any atom is -0.393 e. The fourth-order valence-electron chi connectivity index (χ4n) is 3.37. The number of nitro groups is 1. The molecule has 1 aliphatic carbocycles. The number of rotatable bonds is 6. The summed E-state index contributed by atoms with van der Waals surface area (Å²) >= 11 is 0. The molecule has 0 radical (unpaired) electrons. The Labute approximate surface area is 168 Å². The number of aliphatic hydroxyl groups excluding tert-OH is 1. The second kappa shape index (κ2) is 9.17. The second-order valence-corrected chi connectivity index (χ2v) is 7.13. The van der Waals surface area contributed by atoms with E-state index in [2.05, 4.69) is 10.6 Å². The molecule has 1 amide bonds.